The molecule has 1 aliphatic rings. The zero-order valence-corrected chi connectivity index (χ0v) is 15.2. The minimum atomic E-state index is -0.399. The highest BCUT2D eigenvalue weighted by Crippen LogP contribution is 2.30. The van der Waals surface area contributed by atoms with Crippen LogP contribution in [0.2, 0.25) is 0 Å². The largest absolute Gasteiger partial charge is 0.449 e. The number of ether oxygens (including phenoxy) is 1. The van der Waals surface area contributed by atoms with Crippen molar-refractivity contribution >= 4 is 35.5 Å². The fourth-order valence-corrected chi connectivity index (χ4v) is 3.48. The quantitative estimate of drug-likeness (QED) is 0.854. The number of amides is 1. The molecule has 0 saturated carbocycles. The van der Waals surface area contributed by atoms with Crippen LogP contribution in [-0.2, 0) is 4.74 Å². The van der Waals surface area contributed by atoms with Crippen LogP contribution in [0.4, 0.5) is 10.5 Å². The number of halogens is 1. The Balaban J connectivity index is 0.00000208. The minimum Gasteiger partial charge on any atom is -0.449 e. The summed E-state index contributed by atoms with van der Waals surface area (Å²) < 4.78 is 5.39. The molecular formula is C17H22ClN3O2S. The molecule has 2 N–H and O–H groups in total. The molecule has 130 valence electrons. The SMILES string of the molecule is Cc1csc(-c2ccccc2NC(=O)OCC2CCNCC2)n1.Cl. The number of nitrogens with zero attached hydrogens (tertiary/aromatic N) is 1. The number of piperidine rings is 1. The number of benzene rings is 1. The van der Waals surface area contributed by atoms with Gasteiger partial charge in [0.25, 0.3) is 0 Å². The van der Waals surface area contributed by atoms with Gasteiger partial charge < -0.3 is 10.1 Å². The molecule has 2 aromatic rings. The van der Waals surface area contributed by atoms with Crippen molar-refractivity contribution in [3.63, 3.8) is 0 Å². The molecule has 7 heteroatoms. The van der Waals surface area contributed by atoms with Gasteiger partial charge in [0, 0.05) is 16.6 Å². The van der Waals surface area contributed by atoms with Gasteiger partial charge >= 0.3 is 6.09 Å². The zero-order chi connectivity index (χ0) is 16.1. The smallest absolute Gasteiger partial charge is 0.411 e. The highest BCUT2D eigenvalue weighted by molar-refractivity contribution is 7.13. The third-order valence-electron chi connectivity index (χ3n) is 3.92. The molecule has 1 amide bonds. The third kappa shape index (κ3) is 4.93. The van der Waals surface area contributed by atoms with E-state index in [4.69, 9.17) is 4.74 Å². The summed E-state index contributed by atoms with van der Waals surface area (Å²) in [6.07, 6.45) is 1.72. The summed E-state index contributed by atoms with van der Waals surface area (Å²) in [6.45, 7) is 4.44. The first-order valence-corrected chi connectivity index (χ1v) is 8.76. The standard InChI is InChI=1S/C17H21N3O2S.ClH/c1-12-11-23-16(19-12)14-4-2-3-5-15(14)20-17(21)22-10-13-6-8-18-9-7-13;/h2-5,11,13,18H,6-10H2,1H3,(H,20,21);1H. The first-order chi connectivity index (χ1) is 11.2. The normalized spacial score (nSPS) is 14.7. The van der Waals surface area contributed by atoms with Crippen LogP contribution in [0, 0.1) is 12.8 Å². The van der Waals surface area contributed by atoms with E-state index < -0.39 is 6.09 Å². The van der Waals surface area contributed by atoms with Crippen molar-refractivity contribution in [1.82, 2.24) is 10.3 Å². The van der Waals surface area contributed by atoms with Crippen LogP contribution in [0.3, 0.4) is 0 Å². The lowest BCUT2D eigenvalue weighted by atomic mass is 9.99. The number of anilines is 1. The van der Waals surface area contributed by atoms with Gasteiger partial charge in [-0.2, -0.15) is 0 Å². The van der Waals surface area contributed by atoms with E-state index in [0.717, 1.165) is 47.9 Å². The predicted octanol–water partition coefficient (Wildman–Crippen LogP) is 4.09. The maximum absolute atomic E-state index is 12.1. The lowest BCUT2D eigenvalue weighted by Gasteiger charge is -2.22. The Morgan fingerprint density at radius 2 is 2.12 bits per heavy atom. The van der Waals surface area contributed by atoms with Crippen molar-refractivity contribution in [2.24, 2.45) is 5.92 Å². The Bertz CT molecular complexity index is 671. The number of aromatic nitrogens is 1. The van der Waals surface area contributed by atoms with E-state index in [1.165, 1.54) is 0 Å². The molecule has 3 rings (SSSR count). The summed E-state index contributed by atoms with van der Waals surface area (Å²) in [5.41, 5.74) is 2.63. The number of nitrogens with one attached hydrogen (secondary N) is 2. The molecule has 2 heterocycles. The van der Waals surface area contributed by atoms with Gasteiger partial charge in [0.2, 0.25) is 0 Å². The molecule has 1 aromatic carbocycles. The Hall–Kier alpha value is -1.63. The van der Waals surface area contributed by atoms with E-state index in [0.29, 0.717) is 12.5 Å². The molecule has 0 spiro atoms. The van der Waals surface area contributed by atoms with E-state index in [-0.39, 0.29) is 12.4 Å². The van der Waals surface area contributed by atoms with Crippen LogP contribution >= 0.6 is 23.7 Å². The molecule has 5 nitrogen and oxygen atoms in total. The second kappa shape index (κ2) is 9.01. The molecular weight excluding hydrogens is 346 g/mol. The summed E-state index contributed by atoms with van der Waals surface area (Å²) in [7, 11) is 0. The fourth-order valence-electron chi connectivity index (χ4n) is 2.64. The van der Waals surface area contributed by atoms with Crippen LogP contribution < -0.4 is 10.6 Å². The van der Waals surface area contributed by atoms with Gasteiger partial charge in [0.05, 0.1) is 12.3 Å². The van der Waals surface area contributed by atoms with Crippen molar-refractivity contribution in [1.29, 1.82) is 0 Å². The average molecular weight is 368 g/mol. The zero-order valence-electron chi connectivity index (χ0n) is 13.6. The number of carbonyl (C=O) groups is 1. The lowest BCUT2D eigenvalue weighted by molar-refractivity contribution is 0.131. The van der Waals surface area contributed by atoms with Crippen LogP contribution in [0.5, 0.6) is 0 Å². The van der Waals surface area contributed by atoms with E-state index >= 15 is 0 Å². The van der Waals surface area contributed by atoms with Gasteiger partial charge in [-0.1, -0.05) is 12.1 Å². The van der Waals surface area contributed by atoms with E-state index in [1.54, 1.807) is 11.3 Å². The van der Waals surface area contributed by atoms with Gasteiger partial charge in [-0.3, -0.25) is 5.32 Å². The molecule has 1 aliphatic heterocycles. The molecule has 0 bridgehead atoms. The molecule has 1 fully saturated rings. The van der Waals surface area contributed by atoms with Crippen molar-refractivity contribution in [2.75, 3.05) is 25.0 Å². The Labute approximate surface area is 152 Å². The fraction of sp³-hybridized carbons (Fsp3) is 0.412. The molecule has 0 radical (unpaired) electrons. The van der Waals surface area contributed by atoms with E-state index in [9.17, 15) is 4.79 Å². The number of para-hydroxylation sites is 1. The number of aryl methyl sites for hydroxylation is 1. The first-order valence-electron chi connectivity index (χ1n) is 7.88. The van der Waals surface area contributed by atoms with E-state index in [2.05, 4.69) is 15.6 Å². The molecule has 0 atom stereocenters. The highest BCUT2D eigenvalue weighted by Gasteiger charge is 2.16. The van der Waals surface area contributed by atoms with Crippen LogP contribution in [0.15, 0.2) is 29.6 Å². The number of hydrogen-bond acceptors (Lipinski definition) is 5. The summed E-state index contributed by atoms with van der Waals surface area (Å²) in [5.74, 6) is 0.457. The van der Waals surface area contributed by atoms with E-state index in [1.807, 2.05) is 36.6 Å². The Morgan fingerprint density at radius 3 is 2.83 bits per heavy atom. The molecule has 0 aliphatic carbocycles. The van der Waals surface area contributed by atoms with Crippen molar-refractivity contribution in [3.05, 3.63) is 35.3 Å². The second-order valence-electron chi connectivity index (χ2n) is 5.76. The van der Waals surface area contributed by atoms with Crippen LogP contribution in [0.1, 0.15) is 18.5 Å². The van der Waals surface area contributed by atoms with Gasteiger partial charge in [-0.15, -0.1) is 23.7 Å². The third-order valence-corrected chi connectivity index (χ3v) is 4.92. The van der Waals surface area contributed by atoms with Gasteiger partial charge in [-0.05, 0) is 50.9 Å². The molecule has 1 aromatic heterocycles. The highest BCUT2D eigenvalue weighted by atomic mass is 35.5. The van der Waals surface area contributed by atoms with Crippen molar-refractivity contribution in [2.45, 2.75) is 19.8 Å². The second-order valence-corrected chi connectivity index (χ2v) is 6.61. The summed E-state index contributed by atoms with van der Waals surface area (Å²) in [5, 5.41) is 9.06. The number of thiazole rings is 1. The summed E-state index contributed by atoms with van der Waals surface area (Å²) >= 11 is 1.57. The number of rotatable bonds is 4. The average Bonchev–Trinajstić information content (AvgIpc) is 3.01. The topological polar surface area (TPSA) is 63.2 Å². The van der Waals surface area contributed by atoms with Crippen molar-refractivity contribution < 1.29 is 9.53 Å². The molecule has 0 unspecified atom stereocenters. The van der Waals surface area contributed by atoms with Gasteiger partial charge in [-0.25, -0.2) is 9.78 Å². The number of hydrogen-bond donors (Lipinski definition) is 2. The van der Waals surface area contributed by atoms with Crippen LogP contribution in [0.25, 0.3) is 10.6 Å². The molecule has 24 heavy (non-hydrogen) atoms. The maximum atomic E-state index is 12.1. The van der Waals surface area contributed by atoms with Crippen LogP contribution in [-0.4, -0.2) is 30.8 Å². The Morgan fingerprint density at radius 1 is 1.38 bits per heavy atom. The number of carbonyl (C=O) groups excluding carboxylic acids is 1. The van der Waals surface area contributed by atoms with Gasteiger partial charge in [0.1, 0.15) is 5.01 Å². The monoisotopic (exact) mass is 367 g/mol. The Kier molecular flexibility index (Phi) is 7.02. The lowest BCUT2D eigenvalue weighted by Crippen LogP contribution is -2.31. The minimum absolute atomic E-state index is 0. The summed E-state index contributed by atoms with van der Waals surface area (Å²) in [6, 6.07) is 7.67. The predicted molar refractivity (Wildman–Crippen MR) is 100 cm³/mol. The molecule has 1 saturated heterocycles. The summed E-state index contributed by atoms with van der Waals surface area (Å²) in [4.78, 5) is 16.6. The maximum Gasteiger partial charge on any atom is 0.411 e. The van der Waals surface area contributed by atoms with Gasteiger partial charge in [0.15, 0.2) is 0 Å². The van der Waals surface area contributed by atoms with Crippen molar-refractivity contribution in [3.8, 4) is 10.6 Å². The first kappa shape index (κ1) is 18.7.